The third-order valence-electron chi connectivity index (χ3n) is 2.78. The van der Waals surface area contributed by atoms with Crippen LogP contribution in [0.4, 0.5) is 8.78 Å². The highest BCUT2D eigenvalue weighted by Crippen LogP contribution is 2.24. The fraction of sp³-hybridized carbons (Fsp3) is 0.308. The predicted octanol–water partition coefficient (Wildman–Crippen LogP) is 2.89. The number of fused-ring (bicyclic) bond motifs is 1. The van der Waals surface area contributed by atoms with Gasteiger partial charge < -0.3 is 9.73 Å². The molecule has 0 saturated carbocycles. The number of hydrogen-bond donors (Lipinski definition) is 1. The van der Waals surface area contributed by atoms with Crippen LogP contribution in [0.3, 0.4) is 0 Å². The summed E-state index contributed by atoms with van der Waals surface area (Å²) in [6, 6.07) is 1.73. The van der Waals surface area contributed by atoms with Crippen LogP contribution < -0.4 is 5.32 Å². The van der Waals surface area contributed by atoms with Gasteiger partial charge in [-0.15, -0.1) is 0 Å². The van der Waals surface area contributed by atoms with Gasteiger partial charge in [0.15, 0.2) is 11.6 Å². The van der Waals surface area contributed by atoms with Crippen molar-refractivity contribution in [2.24, 2.45) is 0 Å². The summed E-state index contributed by atoms with van der Waals surface area (Å²) >= 11 is 0. The van der Waals surface area contributed by atoms with E-state index in [1.165, 1.54) is 6.07 Å². The summed E-state index contributed by atoms with van der Waals surface area (Å²) in [7, 11) is 0. The summed E-state index contributed by atoms with van der Waals surface area (Å²) in [5, 5.41) is 2.95. The lowest BCUT2D eigenvalue weighted by atomic mass is 10.0. The highest BCUT2D eigenvalue weighted by molar-refractivity contribution is 6.02. The zero-order valence-corrected chi connectivity index (χ0v) is 10.1. The van der Waals surface area contributed by atoms with Gasteiger partial charge in [-0.2, -0.15) is 0 Å². The molecule has 1 aromatic carbocycles. The topological polar surface area (TPSA) is 42.2 Å². The second kappa shape index (κ2) is 4.86. The lowest BCUT2D eigenvalue weighted by Gasteiger charge is -2.11. The number of rotatable bonds is 4. The van der Waals surface area contributed by atoms with E-state index in [1.54, 1.807) is 6.92 Å². The van der Waals surface area contributed by atoms with Gasteiger partial charge in [-0.25, -0.2) is 8.78 Å². The molecule has 0 bridgehead atoms. The van der Waals surface area contributed by atoms with Gasteiger partial charge >= 0.3 is 0 Å². The molecule has 1 unspecified atom stereocenters. The molecule has 18 heavy (non-hydrogen) atoms. The van der Waals surface area contributed by atoms with Crippen molar-refractivity contribution in [3.63, 3.8) is 0 Å². The predicted molar refractivity (Wildman–Crippen MR) is 63.6 cm³/mol. The minimum absolute atomic E-state index is 0.0418. The van der Waals surface area contributed by atoms with Gasteiger partial charge in [-0.05, 0) is 25.6 Å². The van der Waals surface area contributed by atoms with E-state index in [4.69, 9.17) is 4.42 Å². The average molecular weight is 253 g/mol. The number of carbonyl (C=O) groups excluding carboxylic acids is 1. The van der Waals surface area contributed by atoms with Crippen molar-refractivity contribution in [1.29, 1.82) is 0 Å². The molecular formula is C13H13F2NO2. The molecule has 2 rings (SSSR count). The molecule has 3 nitrogen and oxygen atoms in total. The maximum atomic E-state index is 13.8. The molecule has 0 aliphatic rings. The Balaban J connectivity index is 2.44. The molecule has 0 fully saturated rings. The van der Waals surface area contributed by atoms with Crippen LogP contribution in [0.25, 0.3) is 11.0 Å². The molecule has 1 N–H and O–H groups in total. The summed E-state index contributed by atoms with van der Waals surface area (Å²) in [5.41, 5.74) is 0.0752. The van der Waals surface area contributed by atoms with Crippen LogP contribution in [-0.2, 0) is 0 Å². The van der Waals surface area contributed by atoms with E-state index in [0.29, 0.717) is 6.54 Å². The average Bonchev–Trinajstić information content (AvgIpc) is 2.69. The fourth-order valence-corrected chi connectivity index (χ4v) is 1.84. The minimum Gasteiger partial charge on any atom is -0.461 e. The smallest absolute Gasteiger partial charge is 0.182 e. The summed E-state index contributed by atoms with van der Waals surface area (Å²) < 4.78 is 31.9. The maximum absolute atomic E-state index is 13.8. The van der Waals surface area contributed by atoms with Gasteiger partial charge in [0.05, 0.1) is 17.0 Å². The van der Waals surface area contributed by atoms with E-state index in [1.807, 2.05) is 6.92 Å². The summed E-state index contributed by atoms with van der Waals surface area (Å²) in [4.78, 5) is 12.0. The zero-order chi connectivity index (χ0) is 13.3. The highest BCUT2D eigenvalue weighted by Gasteiger charge is 2.20. The van der Waals surface area contributed by atoms with Gasteiger partial charge in [-0.3, -0.25) is 4.79 Å². The third kappa shape index (κ3) is 2.13. The van der Waals surface area contributed by atoms with Crippen LogP contribution >= 0.6 is 0 Å². The number of hydrogen-bond acceptors (Lipinski definition) is 3. The first-order chi connectivity index (χ1) is 8.54. The van der Waals surface area contributed by atoms with E-state index in [9.17, 15) is 13.6 Å². The fourth-order valence-electron chi connectivity index (χ4n) is 1.84. The molecule has 0 spiro atoms. The van der Waals surface area contributed by atoms with Gasteiger partial charge in [0.1, 0.15) is 17.7 Å². The normalized spacial score (nSPS) is 12.9. The molecule has 2 aromatic rings. The third-order valence-corrected chi connectivity index (χ3v) is 2.78. The van der Waals surface area contributed by atoms with Crippen LogP contribution in [0, 0.1) is 11.6 Å². The number of ketones is 1. The van der Waals surface area contributed by atoms with Crippen molar-refractivity contribution in [2.75, 3.05) is 6.54 Å². The Morgan fingerprint density at radius 1 is 1.39 bits per heavy atom. The Bertz CT molecular complexity index is 592. The second-order valence-corrected chi connectivity index (χ2v) is 4.06. The van der Waals surface area contributed by atoms with Gasteiger partial charge in [-0.1, -0.05) is 6.92 Å². The highest BCUT2D eigenvalue weighted by atomic mass is 19.1. The number of likely N-dealkylation sites (N-methyl/N-ethyl adjacent to an activating group) is 1. The number of carbonyl (C=O) groups is 1. The van der Waals surface area contributed by atoms with Gasteiger partial charge in [0, 0.05) is 0 Å². The lowest BCUT2D eigenvalue weighted by molar-refractivity contribution is 0.0948. The van der Waals surface area contributed by atoms with Crippen molar-refractivity contribution in [3.05, 3.63) is 35.6 Å². The molecule has 0 aliphatic heterocycles. The van der Waals surface area contributed by atoms with Crippen LogP contribution in [0.15, 0.2) is 22.8 Å². The Kier molecular flexibility index (Phi) is 3.43. The van der Waals surface area contributed by atoms with Crippen LogP contribution in [0.2, 0.25) is 0 Å². The number of nitrogens with one attached hydrogen (secondary N) is 1. The molecule has 0 aliphatic carbocycles. The number of benzene rings is 1. The SMILES string of the molecule is CCNC(C)C(=O)c1cc2occ(F)c2cc1F. The maximum Gasteiger partial charge on any atom is 0.182 e. The van der Waals surface area contributed by atoms with Crippen molar-refractivity contribution in [1.82, 2.24) is 5.32 Å². The van der Waals surface area contributed by atoms with Gasteiger partial charge in [0.2, 0.25) is 0 Å². The molecule has 1 aromatic heterocycles. The number of halogens is 2. The molecule has 1 heterocycles. The largest absolute Gasteiger partial charge is 0.461 e. The summed E-state index contributed by atoms with van der Waals surface area (Å²) in [6.07, 6.45) is 0.895. The van der Waals surface area contributed by atoms with E-state index in [0.717, 1.165) is 12.3 Å². The van der Waals surface area contributed by atoms with Crippen LogP contribution in [0.5, 0.6) is 0 Å². The first-order valence-corrected chi connectivity index (χ1v) is 5.68. The van der Waals surface area contributed by atoms with Crippen molar-refractivity contribution < 1.29 is 18.0 Å². The zero-order valence-electron chi connectivity index (χ0n) is 10.1. The van der Waals surface area contributed by atoms with Crippen LogP contribution in [-0.4, -0.2) is 18.4 Å². The number of furan rings is 1. The molecular weight excluding hydrogens is 240 g/mol. The van der Waals surface area contributed by atoms with Gasteiger partial charge in [0.25, 0.3) is 0 Å². The monoisotopic (exact) mass is 253 g/mol. The molecule has 0 saturated heterocycles. The first-order valence-electron chi connectivity index (χ1n) is 5.68. The van der Waals surface area contributed by atoms with E-state index in [2.05, 4.69) is 5.32 Å². The first kappa shape index (κ1) is 12.7. The standard InChI is InChI=1S/C13H13F2NO2/c1-3-16-7(2)13(17)9-5-12-8(4-10(9)14)11(15)6-18-12/h4-7,16H,3H2,1-2H3. The summed E-state index contributed by atoms with van der Waals surface area (Å²) in [6.45, 7) is 4.11. The van der Waals surface area contributed by atoms with E-state index in [-0.39, 0.29) is 22.3 Å². The minimum atomic E-state index is -0.738. The second-order valence-electron chi connectivity index (χ2n) is 4.06. The molecule has 0 radical (unpaired) electrons. The molecule has 1 atom stereocenters. The van der Waals surface area contributed by atoms with Crippen molar-refractivity contribution >= 4 is 16.8 Å². The van der Waals surface area contributed by atoms with Crippen molar-refractivity contribution in [3.8, 4) is 0 Å². The van der Waals surface area contributed by atoms with E-state index >= 15 is 0 Å². The molecule has 96 valence electrons. The molecule has 0 amide bonds. The molecule has 5 heteroatoms. The lowest BCUT2D eigenvalue weighted by Crippen LogP contribution is -2.34. The Morgan fingerprint density at radius 2 is 2.11 bits per heavy atom. The Hall–Kier alpha value is -1.75. The van der Waals surface area contributed by atoms with Crippen LogP contribution in [0.1, 0.15) is 24.2 Å². The van der Waals surface area contributed by atoms with Crippen molar-refractivity contribution in [2.45, 2.75) is 19.9 Å². The number of Topliss-reactive ketones (excluding diaryl/α,β-unsaturated/α-hetero) is 1. The quantitative estimate of drug-likeness (QED) is 0.852. The van der Waals surface area contributed by atoms with E-state index < -0.39 is 17.7 Å². The Morgan fingerprint density at radius 3 is 2.78 bits per heavy atom. The Labute approximate surface area is 103 Å². The summed E-state index contributed by atoms with van der Waals surface area (Å²) in [5.74, 6) is -1.76.